The van der Waals surface area contributed by atoms with Crippen molar-refractivity contribution in [2.75, 3.05) is 19.0 Å². The number of methoxy groups -OCH3 is 1. The quantitative estimate of drug-likeness (QED) is 0.870. The molecule has 1 aromatic carbocycles. The van der Waals surface area contributed by atoms with Gasteiger partial charge in [-0.05, 0) is 36.5 Å². The van der Waals surface area contributed by atoms with E-state index in [1.54, 1.807) is 7.11 Å². The number of carbonyl (C=O) groups excluding carboxylic acids is 1. The predicted molar refractivity (Wildman–Crippen MR) is 83.0 cm³/mol. The number of anilines is 1. The minimum atomic E-state index is -0.194. The van der Waals surface area contributed by atoms with Gasteiger partial charge < -0.3 is 15.8 Å². The number of benzene rings is 1. The fourth-order valence-corrected chi connectivity index (χ4v) is 2.18. The molecule has 112 valence electrons. The van der Waals surface area contributed by atoms with Crippen molar-refractivity contribution in [2.45, 2.75) is 34.1 Å². The normalized spacial score (nSPS) is 12.9. The van der Waals surface area contributed by atoms with Crippen LogP contribution >= 0.6 is 0 Å². The number of nitrogens with two attached hydrogens (primary N) is 1. The second kappa shape index (κ2) is 6.75. The Morgan fingerprint density at radius 2 is 2.05 bits per heavy atom. The number of rotatable bonds is 5. The van der Waals surface area contributed by atoms with Crippen LogP contribution in [0.25, 0.3) is 0 Å². The molecule has 0 aliphatic rings. The Labute approximate surface area is 121 Å². The summed E-state index contributed by atoms with van der Waals surface area (Å²) in [7, 11) is 1.59. The van der Waals surface area contributed by atoms with Crippen LogP contribution < -0.4 is 15.8 Å². The van der Waals surface area contributed by atoms with E-state index in [-0.39, 0.29) is 17.2 Å². The zero-order valence-corrected chi connectivity index (χ0v) is 13.1. The lowest BCUT2D eigenvalue weighted by molar-refractivity contribution is -0.120. The number of hydrogen-bond acceptors (Lipinski definition) is 3. The molecule has 0 fully saturated rings. The van der Waals surface area contributed by atoms with Gasteiger partial charge in [-0.25, -0.2) is 0 Å². The van der Waals surface area contributed by atoms with Crippen LogP contribution in [0.5, 0.6) is 5.75 Å². The van der Waals surface area contributed by atoms with Gasteiger partial charge in [0.2, 0.25) is 5.91 Å². The molecule has 1 unspecified atom stereocenters. The lowest BCUT2D eigenvalue weighted by Gasteiger charge is -2.24. The number of hydrogen-bond donors (Lipinski definition) is 2. The van der Waals surface area contributed by atoms with Crippen molar-refractivity contribution < 1.29 is 9.53 Å². The molecular weight excluding hydrogens is 252 g/mol. The van der Waals surface area contributed by atoms with Gasteiger partial charge in [0, 0.05) is 6.54 Å². The number of carbonyl (C=O) groups is 1. The highest BCUT2D eigenvalue weighted by Gasteiger charge is 2.24. The molecule has 1 atom stereocenters. The predicted octanol–water partition coefficient (Wildman–Crippen LogP) is 2.95. The second-order valence-electron chi connectivity index (χ2n) is 6.39. The Morgan fingerprint density at radius 3 is 2.55 bits per heavy atom. The summed E-state index contributed by atoms with van der Waals surface area (Å²) in [6.45, 7) is 8.64. The largest absolute Gasteiger partial charge is 0.495 e. The maximum Gasteiger partial charge on any atom is 0.228 e. The van der Waals surface area contributed by atoms with Gasteiger partial charge in [0.1, 0.15) is 5.75 Å². The zero-order chi connectivity index (χ0) is 15.3. The first-order chi connectivity index (χ1) is 9.26. The van der Waals surface area contributed by atoms with Crippen LogP contribution in [0.2, 0.25) is 0 Å². The fraction of sp³-hybridized carbons (Fsp3) is 0.562. The summed E-state index contributed by atoms with van der Waals surface area (Å²) >= 11 is 0. The van der Waals surface area contributed by atoms with E-state index >= 15 is 0 Å². The van der Waals surface area contributed by atoms with Gasteiger partial charge in [-0.3, -0.25) is 4.79 Å². The first-order valence-corrected chi connectivity index (χ1v) is 6.92. The van der Waals surface area contributed by atoms with Crippen molar-refractivity contribution in [1.82, 2.24) is 0 Å². The minimum Gasteiger partial charge on any atom is -0.495 e. The lowest BCUT2D eigenvalue weighted by atomic mass is 9.84. The van der Waals surface area contributed by atoms with Crippen molar-refractivity contribution >= 4 is 11.6 Å². The van der Waals surface area contributed by atoms with Crippen molar-refractivity contribution in [2.24, 2.45) is 17.1 Å². The van der Waals surface area contributed by atoms with Gasteiger partial charge >= 0.3 is 0 Å². The summed E-state index contributed by atoms with van der Waals surface area (Å²) in [5, 5.41) is 2.93. The Morgan fingerprint density at radius 1 is 1.40 bits per heavy atom. The molecule has 3 N–H and O–H groups in total. The van der Waals surface area contributed by atoms with Gasteiger partial charge in [-0.1, -0.05) is 26.8 Å². The van der Waals surface area contributed by atoms with Gasteiger partial charge in [0.15, 0.2) is 0 Å². The average Bonchev–Trinajstić information content (AvgIpc) is 2.35. The summed E-state index contributed by atoms with van der Waals surface area (Å²) in [6.07, 6.45) is 0.753. The Kier molecular flexibility index (Phi) is 5.57. The number of aryl methyl sites for hydroxylation is 1. The molecule has 0 spiro atoms. The zero-order valence-electron chi connectivity index (χ0n) is 13.1. The van der Waals surface area contributed by atoms with Crippen LogP contribution in [0, 0.1) is 18.3 Å². The van der Waals surface area contributed by atoms with Crippen molar-refractivity contribution in [3.63, 3.8) is 0 Å². The molecular formula is C16H26N2O2. The van der Waals surface area contributed by atoms with E-state index in [1.807, 2.05) is 25.1 Å². The Bertz CT molecular complexity index is 464. The third kappa shape index (κ3) is 4.85. The first kappa shape index (κ1) is 16.5. The highest BCUT2D eigenvalue weighted by molar-refractivity contribution is 5.94. The van der Waals surface area contributed by atoms with E-state index in [4.69, 9.17) is 10.5 Å². The highest BCUT2D eigenvalue weighted by atomic mass is 16.5. The Balaban J connectivity index is 2.86. The second-order valence-corrected chi connectivity index (χ2v) is 6.39. The molecule has 1 rings (SSSR count). The molecule has 0 saturated heterocycles. The lowest BCUT2D eigenvalue weighted by Crippen LogP contribution is -2.32. The molecule has 20 heavy (non-hydrogen) atoms. The van der Waals surface area contributed by atoms with Crippen molar-refractivity contribution in [1.29, 1.82) is 0 Å². The molecule has 4 heteroatoms. The SMILES string of the molecule is COc1ccc(C)cc1NC(=O)C(CN)CC(C)(C)C. The maximum atomic E-state index is 12.4. The number of nitrogens with one attached hydrogen (secondary N) is 1. The van der Waals surface area contributed by atoms with Crippen molar-refractivity contribution in [3.8, 4) is 5.75 Å². The van der Waals surface area contributed by atoms with E-state index in [0.717, 1.165) is 12.0 Å². The average molecular weight is 278 g/mol. The van der Waals surface area contributed by atoms with E-state index < -0.39 is 0 Å². The Hall–Kier alpha value is -1.55. The van der Waals surface area contributed by atoms with E-state index in [1.165, 1.54) is 0 Å². The van der Waals surface area contributed by atoms with Gasteiger partial charge in [-0.2, -0.15) is 0 Å². The number of amides is 1. The maximum absolute atomic E-state index is 12.4. The molecule has 0 aliphatic carbocycles. The monoisotopic (exact) mass is 278 g/mol. The molecule has 1 amide bonds. The third-order valence-electron chi connectivity index (χ3n) is 3.13. The summed E-state index contributed by atoms with van der Waals surface area (Å²) in [5.41, 5.74) is 7.58. The van der Waals surface area contributed by atoms with Gasteiger partial charge in [0.05, 0.1) is 18.7 Å². The van der Waals surface area contributed by atoms with E-state index in [0.29, 0.717) is 18.0 Å². The number of ether oxygens (including phenoxy) is 1. The van der Waals surface area contributed by atoms with Crippen LogP contribution in [0.3, 0.4) is 0 Å². The van der Waals surface area contributed by atoms with E-state index in [2.05, 4.69) is 26.1 Å². The molecule has 0 aliphatic heterocycles. The molecule has 0 radical (unpaired) electrons. The van der Waals surface area contributed by atoms with Gasteiger partial charge in [0.25, 0.3) is 0 Å². The molecule has 0 heterocycles. The molecule has 0 aromatic heterocycles. The fourth-order valence-electron chi connectivity index (χ4n) is 2.18. The first-order valence-electron chi connectivity index (χ1n) is 6.92. The highest BCUT2D eigenvalue weighted by Crippen LogP contribution is 2.28. The topological polar surface area (TPSA) is 64.3 Å². The van der Waals surface area contributed by atoms with Crippen molar-refractivity contribution in [3.05, 3.63) is 23.8 Å². The summed E-state index contributed by atoms with van der Waals surface area (Å²) in [6, 6.07) is 5.71. The van der Waals surface area contributed by atoms with Crippen LogP contribution in [0.15, 0.2) is 18.2 Å². The van der Waals surface area contributed by atoms with Crippen LogP contribution in [-0.2, 0) is 4.79 Å². The standard InChI is InChI=1S/C16H26N2O2/c1-11-6-7-14(20-5)13(8-11)18-15(19)12(10-17)9-16(2,3)4/h6-8,12H,9-10,17H2,1-5H3,(H,18,19). The van der Waals surface area contributed by atoms with Crippen LogP contribution in [0.4, 0.5) is 5.69 Å². The summed E-state index contributed by atoms with van der Waals surface area (Å²) in [5.74, 6) is 0.419. The summed E-state index contributed by atoms with van der Waals surface area (Å²) in [4.78, 5) is 12.4. The van der Waals surface area contributed by atoms with E-state index in [9.17, 15) is 4.79 Å². The van der Waals surface area contributed by atoms with Crippen LogP contribution in [0.1, 0.15) is 32.8 Å². The molecule has 0 bridgehead atoms. The third-order valence-corrected chi connectivity index (χ3v) is 3.13. The smallest absolute Gasteiger partial charge is 0.228 e. The minimum absolute atomic E-state index is 0.0497. The molecule has 0 saturated carbocycles. The van der Waals surface area contributed by atoms with Crippen LogP contribution in [-0.4, -0.2) is 19.6 Å². The molecule has 4 nitrogen and oxygen atoms in total. The molecule has 1 aromatic rings. The summed E-state index contributed by atoms with van der Waals surface area (Å²) < 4.78 is 5.27. The van der Waals surface area contributed by atoms with Gasteiger partial charge in [-0.15, -0.1) is 0 Å².